The second-order valence-electron chi connectivity index (χ2n) is 10.2. The average Bonchev–Trinajstić information content (AvgIpc) is 2.84. The van der Waals surface area contributed by atoms with E-state index in [2.05, 4.69) is 0 Å². The fourth-order valence-corrected chi connectivity index (χ4v) is 5.97. The number of hydrogen-bond donors (Lipinski definition) is 0. The number of nitrogens with zero attached hydrogens (tertiary/aromatic N) is 1. The lowest BCUT2D eigenvalue weighted by Gasteiger charge is -2.38. The Morgan fingerprint density at radius 1 is 0.879 bits per heavy atom. The van der Waals surface area contributed by atoms with Crippen molar-refractivity contribution in [3.05, 3.63) is 59.5 Å². The van der Waals surface area contributed by atoms with Crippen molar-refractivity contribution in [1.29, 1.82) is 5.26 Å². The van der Waals surface area contributed by atoms with Gasteiger partial charge in [0.15, 0.2) is 17.5 Å². The van der Waals surface area contributed by atoms with Gasteiger partial charge < -0.3 is 0 Å². The predicted octanol–water partition coefficient (Wildman–Crippen LogP) is 9.00. The van der Waals surface area contributed by atoms with Gasteiger partial charge in [0, 0.05) is 0 Å². The highest BCUT2D eigenvalue weighted by atomic mass is 19.2. The summed E-state index contributed by atoms with van der Waals surface area (Å²) < 4.78 is 39.1. The average molecular weight is 458 g/mol. The summed E-state index contributed by atoms with van der Waals surface area (Å²) in [5.41, 5.74) is 0.897. The molecule has 2 fully saturated rings. The fraction of sp³-hybridized carbons (Fsp3) is 0.621. The first-order valence-electron chi connectivity index (χ1n) is 12.9. The van der Waals surface area contributed by atoms with E-state index in [1.165, 1.54) is 94.9 Å². The minimum Gasteiger partial charge on any atom is -0.204 e. The zero-order valence-electron chi connectivity index (χ0n) is 19.8. The number of nitriles is 1. The number of rotatable bonds is 10. The molecule has 1 aromatic rings. The third kappa shape index (κ3) is 8.69. The SMILES string of the molecule is N#CC(F)=CC=CCCC1CCC(C2CCC(CCCCc3ccc(F)c(F)c3)CC2)CC1. The third-order valence-electron chi connectivity index (χ3n) is 7.99. The second-order valence-corrected chi connectivity index (χ2v) is 10.2. The maximum Gasteiger partial charge on any atom is 0.199 e. The van der Waals surface area contributed by atoms with E-state index in [1.54, 1.807) is 12.1 Å². The molecule has 180 valence electrons. The van der Waals surface area contributed by atoms with Crippen molar-refractivity contribution in [2.24, 2.45) is 23.7 Å². The predicted molar refractivity (Wildman–Crippen MR) is 128 cm³/mol. The van der Waals surface area contributed by atoms with Crippen LogP contribution in [-0.4, -0.2) is 0 Å². The van der Waals surface area contributed by atoms with Gasteiger partial charge in [-0.1, -0.05) is 56.7 Å². The Morgan fingerprint density at radius 2 is 1.52 bits per heavy atom. The minimum absolute atomic E-state index is 0.733. The molecule has 0 atom stereocenters. The van der Waals surface area contributed by atoms with Crippen LogP contribution in [0.4, 0.5) is 13.2 Å². The van der Waals surface area contributed by atoms with Crippen LogP contribution in [0.25, 0.3) is 0 Å². The van der Waals surface area contributed by atoms with Crippen molar-refractivity contribution < 1.29 is 13.2 Å². The highest BCUT2D eigenvalue weighted by Crippen LogP contribution is 2.43. The van der Waals surface area contributed by atoms with Gasteiger partial charge in [0.05, 0.1) is 0 Å². The molecule has 1 nitrogen and oxygen atoms in total. The van der Waals surface area contributed by atoms with Crippen LogP contribution in [0, 0.1) is 46.6 Å². The summed E-state index contributed by atoms with van der Waals surface area (Å²) in [6.45, 7) is 0. The van der Waals surface area contributed by atoms with Gasteiger partial charge in [0.25, 0.3) is 0 Å². The number of hydrogen-bond acceptors (Lipinski definition) is 1. The monoisotopic (exact) mass is 457 g/mol. The second kappa shape index (κ2) is 13.6. The van der Waals surface area contributed by atoms with Crippen LogP contribution in [0.5, 0.6) is 0 Å². The molecule has 0 radical (unpaired) electrons. The molecule has 2 saturated carbocycles. The minimum atomic E-state index is -0.764. The van der Waals surface area contributed by atoms with E-state index >= 15 is 0 Å². The van der Waals surface area contributed by atoms with Crippen molar-refractivity contribution in [3.63, 3.8) is 0 Å². The van der Waals surface area contributed by atoms with Gasteiger partial charge >= 0.3 is 0 Å². The fourth-order valence-electron chi connectivity index (χ4n) is 5.97. The Balaban J connectivity index is 1.25. The Bertz CT molecular complexity index is 822. The molecule has 3 rings (SSSR count). The van der Waals surface area contributed by atoms with Crippen LogP contribution in [0.15, 0.2) is 42.3 Å². The summed E-state index contributed by atoms with van der Waals surface area (Å²) >= 11 is 0. The van der Waals surface area contributed by atoms with Crippen molar-refractivity contribution in [3.8, 4) is 6.07 Å². The summed E-state index contributed by atoms with van der Waals surface area (Å²) in [5.74, 6) is 1.21. The third-order valence-corrected chi connectivity index (χ3v) is 7.99. The molecule has 0 heterocycles. The molecule has 4 heteroatoms. The number of unbranched alkanes of at least 4 members (excludes halogenated alkanes) is 1. The van der Waals surface area contributed by atoms with E-state index in [-0.39, 0.29) is 0 Å². The molecule has 1 aromatic carbocycles. The summed E-state index contributed by atoms with van der Waals surface area (Å²) in [6.07, 6.45) is 22.2. The van der Waals surface area contributed by atoms with Gasteiger partial charge in [-0.2, -0.15) is 9.65 Å². The van der Waals surface area contributed by atoms with Crippen LogP contribution >= 0.6 is 0 Å². The smallest absolute Gasteiger partial charge is 0.199 e. The Labute approximate surface area is 197 Å². The summed E-state index contributed by atoms with van der Waals surface area (Å²) in [7, 11) is 0. The van der Waals surface area contributed by atoms with E-state index in [0.29, 0.717) is 0 Å². The Morgan fingerprint density at radius 3 is 2.12 bits per heavy atom. The molecule has 0 unspecified atom stereocenters. The normalized spacial score (nSPS) is 26.4. The van der Waals surface area contributed by atoms with Crippen LogP contribution in [0.2, 0.25) is 0 Å². The quantitative estimate of drug-likeness (QED) is 0.195. The van der Waals surface area contributed by atoms with E-state index in [0.717, 1.165) is 48.5 Å². The molecule has 0 aromatic heterocycles. The van der Waals surface area contributed by atoms with Gasteiger partial charge in [-0.25, -0.2) is 8.78 Å². The first kappa shape index (κ1) is 25.6. The number of benzene rings is 1. The van der Waals surface area contributed by atoms with Gasteiger partial charge in [-0.05, 0) is 98.8 Å². The van der Waals surface area contributed by atoms with Gasteiger partial charge in [-0.3, -0.25) is 0 Å². The van der Waals surface area contributed by atoms with Crippen molar-refractivity contribution in [2.75, 3.05) is 0 Å². The highest BCUT2D eigenvalue weighted by Gasteiger charge is 2.30. The molecule has 0 aliphatic heterocycles. The zero-order valence-corrected chi connectivity index (χ0v) is 19.8. The van der Waals surface area contributed by atoms with Crippen molar-refractivity contribution in [2.45, 2.75) is 89.9 Å². The lowest BCUT2D eigenvalue weighted by molar-refractivity contribution is 0.140. The number of aryl methyl sites for hydroxylation is 1. The molecule has 0 bridgehead atoms. The summed E-state index contributed by atoms with van der Waals surface area (Å²) in [4.78, 5) is 0. The Kier molecular flexibility index (Phi) is 10.6. The van der Waals surface area contributed by atoms with E-state index in [1.807, 2.05) is 6.08 Å². The topological polar surface area (TPSA) is 23.8 Å². The van der Waals surface area contributed by atoms with Crippen molar-refractivity contribution in [1.82, 2.24) is 0 Å². The molecule has 0 saturated heterocycles. The van der Waals surface area contributed by atoms with Crippen LogP contribution in [0.1, 0.15) is 89.0 Å². The van der Waals surface area contributed by atoms with E-state index < -0.39 is 17.5 Å². The molecule has 0 N–H and O–H groups in total. The Hall–Kier alpha value is -2.02. The van der Waals surface area contributed by atoms with E-state index in [4.69, 9.17) is 5.26 Å². The molecular weight excluding hydrogens is 419 g/mol. The molecule has 33 heavy (non-hydrogen) atoms. The molecule has 0 amide bonds. The van der Waals surface area contributed by atoms with Crippen LogP contribution in [0.3, 0.4) is 0 Å². The molecular formula is C29H38F3N. The van der Waals surface area contributed by atoms with Crippen molar-refractivity contribution >= 4 is 0 Å². The van der Waals surface area contributed by atoms with Gasteiger partial charge in [0.1, 0.15) is 6.07 Å². The summed E-state index contributed by atoms with van der Waals surface area (Å²) in [5, 5.41) is 8.40. The van der Waals surface area contributed by atoms with Gasteiger partial charge in [0.2, 0.25) is 0 Å². The zero-order chi connectivity index (χ0) is 23.5. The molecule has 2 aliphatic rings. The van der Waals surface area contributed by atoms with E-state index in [9.17, 15) is 13.2 Å². The maximum absolute atomic E-state index is 13.3. The summed E-state index contributed by atoms with van der Waals surface area (Å²) in [6, 6.07) is 5.75. The lowest BCUT2D eigenvalue weighted by atomic mass is 9.68. The van der Waals surface area contributed by atoms with Crippen LogP contribution < -0.4 is 0 Å². The number of allylic oxidation sites excluding steroid dienone is 4. The number of halogens is 3. The maximum atomic E-state index is 13.3. The lowest BCUT2D eigenvalue weighted by Crippen LogP contribution is -2.25. The first-order valence-corrected chi connectivity index (χ1v) is 12.9. The molecule has 2 aliphatic carbocycles. The first-order chi connectivity index (χ1) is 16.0. The standard InChI is InChI=1S/C29H38F3N/c30-27(21-33)9-3-1-2-6-22-10-15-25(16-11-22)26-17-12-23(13-18-26)7-4-5-8-24-14-19-28(31)29(32)20-24/h1,3,9,14,19-20,22-23,25-26H,2,4-8,10-13,15-18H2. The molecule has 0 spiro atoms. The largest absolute Gasteiger partial charge is 0.204 e. The van der Waals surface area contributed by atoms with Gasteiger partial charge in [-0.15, -0.1) is 0 Å². The van der Waals surface area contributed by atoms with Crippen LogP contribution in [-0.2, 0) is 6.42 Å². The highest BCUT2D eigenvalue weighted by molar-refractivity contribution is 5.19.